The fourth-order valence-corrected chi connectivity index (χ4v) is 2.56. The van der Waals surface area contributed by atoms with Gasteiger partial charge >= 0.3 is 6.03 Å². The van der Waals surface area contributed by atoms with Gasteiger partial charge < -0.3 is 10.2 Å². The molecule has 104 valence electrons. The summed E-state index contributed by atoms with van der Waals surface area (Å²) >= 11 is 0. The zero-order chi connectivity index (χ0) is 13.9. The Morgan fingerprint density at radius 1 is 1.10 bits per heavy atom. The van der Waals surface area contributed by atoms with Gasteiger partial charge in [0, 0.05) is 38.9 Å². The summed E-state index contributed by atoms with van der Waals surface area (Å²) in [4.78, 5) is 16.1. The molecule has 4 heteroatoms. The van der Waals surface area contributed by atoms with Gasteiger partial charge in [0.05, 0.1) is 0 Å². The van der Waals surface area contributed by atoms with E-state index in [1.807, 2.05) is 30.1 Å². The predicted molar refractivity (Wildman–Crippen MR) is 82.2 cm³/mol. The van der Waals surface area contributed by atoms with Crippen molar-refractivity contribution in [1.82, 2.24) is 10.2 Å². The Kier molecular flexibility index (Phi) is 3.56. The van der Waals surface area contributed by atoms with Gasteiger partial charge in [-0.3, -0.25) is 4.90 Å². The summed E-state index contributed by atoms with van der Waals surface area (Å²) in [6.45, 7) is 3.29. The Balaban J connectivity index is 1.83. The third-order valence-electron chi connectivity index (χ3n) is 3.79. The van der Waals surface area contributed by atoms with E-state index in [9.17, 15) is 4.79 Å². The second kappa shape index (κ2) is 5.51. The van der Waals surface area contributed by atoms with E-state index in [4.69, 9.17) is 0 Å². The maximum atomic E-state index is 12.5. The average Bonchev–Trinajstić information content (AvgIpc) is 2.54. The molecule has 3 rings (SSSR count). The van der Waals surface area contributed by atoms with Crippen molar-refractivity contribution >= 4 is 22.5 Å². The van der Waals surface area contributed by atoms with Crippen LogP contribution in [0.2, 0.25) is 0 Å². The van der Waals surface area contributed by atoms with Crippen LogP contribution in [-0.4, -0.2) is 44.2 Å². The second-order valence-electron chi connectivity index (χ2n) is 5.11. The van der Waals surface area contributed by atoms with Crippen molar-refractivity contribution in [1.29, 1.82) is 0 Å². The number of piperazine rings is 1. The standard InChI is InChI=1S/C16H19N3O/c1-18(16(20)19-10-8-17-9-11-19)15-7-6-13-4-2-3-5-14(13)12-15/h2-7,12,17H,8-11H2,1H3. The highest BCUT2D eigenvalue weighted by atomic mass is 16.2. The van der Waals surface area contributed by atoms with Crippen molar-refractivity contribution in [3.8, 4) is 0 Å². The summed E-state index contributed by atoms with van der Waals surface area (Å²) in [6.07, 6.45) is 0. The Labute approximate surface area is 119 Å². The molecule has 1 fully saturated rings. The van der Waals surface area contributed by atoms with E-state index in [0.717, 1.165) is 37.3 Å². The molecule has 0 aliphatic carbocycles. The van der Waals surface area contributed by atoms with Crippen molar-refractivity contribution < 1.29 is 4.79 Å². The SMILES string of the molecule is CN(C(=O)N1CCNCC1)c1ccc2ccccc2c1. The fraction of sp³-hybridized carbons (Fsp3) is 0.312. The minimum Gasteiger partial charge on any atom is -0.322 e. The molecule has 2 aromatic carbocycles. The van der Waals surface area contributed by atoms with Crippen molar-refractivity contribution in [2.75, 3.05) is 38.1 Å². The van der Waals surface area contributed by atoms with Gasteiger partial charge in [-0.25, -0.2) is 4.79 Å². The van der Waals surface area contributed by atoms with Crippen molar-refractivity contribution in [3.63, 3.8) is 0 Å². The average molecular weight is 269 g/mol. The first-order chi connectivity index (χ1) is 9.75. The Morgan fingerprint density at radius 3 is 2.55 bits per heavy atom. The summed E-state index contributed by atoms with van der Waals surface area (Å²) in [5, 5.41) is 5.61. The van der Waals surface area contributed by atoms with Gasteiger partial charge in [-0.05, 0) is 22.9 Å². The highest BCUT2D eigenvalue weighted by molar-refractivity contribution is 5.95. The fourth-order valence-electron chi connectivity index (χ4n) is 2.56. The molecule has 2 aromatic rings. The van der Waals surface area contributed by atoms with Crippen LogP contribution in [0.4, 0.5) is 10.5 Å². The van der Waals surface area contributed by atoms with Gasteiger partial charge in [0.1, 0.15) is 0 Å². The van der Waals surface area contributed by atoms with Crippen LogP contribution in [0.5, 0.6) is 0 Å². The van der Waals surface area contributed by atoms with Crippen LogP contribution in [-0.2, 0) is 0 Å². The maximum Gasteiger partial charge on any atom is 0.324 e. The van der Waals surface area contributed by atoms with Gasteiger partial charge in [-0.2, -0.15) is 0 Å². The lowest BCUT2D eigenvalue weighted by molar-refractivity contribution is 0.198. The van der Waals surface area contributed by atoms with E-state index in [1.165, 1.54) is 5.39 Å². The van der Waals surface area contributed by atoms with Gasteiger partial charge in [-0.1, -0.05) is 30.3 Å². The van der Waals surface area contributed by atoms with Crippen LogP contribution in [0.1, 0.15) is 0 Å². The Morgan fingerprint density at radius 2 is 1.80 bits per heavy atom. The number of hydrogen-bond acceptors (Lipinski definition) is 2. The molecule has 1 aliphatic heterocycles. The summed E-state index contributed by atoms with van der Waals surface area (Å²) in [5.74, 6) is 0. The minimum absolute atomic E-state index is 0.0711. The van der Waals surface area contributed by atoms with Gasteiger partial charge in [0.2, 0.25) is 0 Å². The number of rotatable bonds is 1. The van der Waals surface area contributed by atoms with E-state index in [2.05, 4.69) is 29.6 Å². The maximum absolute atomic E-state index is 12.5. The third-order valence-corrected chi connectivity index (χ3v) is 3.79. The number of benzene rings is 2. The van der Waals surface area contributed by atoms with E-state index in [-0.39, 0.29) is 6.03 Å². The molecule has 1 aliphatic rings. The lowest BCUT2D eigenvalue weighted by Gasteiger charge is -2.31. The Bertz CT molecular complexity index is 620. The number of urea groups is 1. The molecule has 0 bridgehead atoms. The van der Waals surface area contributed by atoms with Crippen LogP contribution in [0.25, 0.3) is 10.8 Å². The summed E-state index contributed by atoms with van der Waals surface area (Å²) in [7, 11) is 1.84. The number of fused-ring (bicyclic) bond motifs is 1. The van der Waals surface area contributed by atoms with E-state index < -0.39 is 0 Å². The third kappa shape index (κ3) is 2.47. The molecule has 0 saturated carbocycles. The molecular formula is C16H19N3O. The molecule has 4 nitrogen and oxygen atoms in total. The molecule has 0 atom stereocenters. The highest BCUT2D eigenvalue weighted by Crippen LogP contribution is 2.22. The van der Waals surface area contributed by atoms with E-state index in [0.29, 0.717) is 0 Å². The first kappa shape index (κ1) is 12.9. The number of nitrogens with zero attached hydrogens (tertiary/aromatic N) is 2. The normalized spacial score (nSPS) is 15.3. The highest BCUT2D eigenvalue weighted by Gasteiger charge is 2.20. The van der Waals surface area contributed by atoms with Crippen LogP contribution < -0.4 is 10.2 Å². The number of carbonyl (C=O) groups excluding carboxylic acids is 1. The molecule has 1 saturated heterocycles. The molecule has 0 spiro atoms. The monoisotopic (exact) mass is 269 g/mol. The summed E-state index contributed by atoms with van der Waals surface area (Å²) in [5.41, 5.74) is 0.937. The molecular weight excluding hydrogens is 250 g/mol. The van der Waals surface area contributed by atoms with Crippen LogP contribution in [0.15, 0.2) is 42.5 Å². The van der Waals surface area contributed by atoms with Crippen LogP contribution >= 0.6 is 0 Å². The van der Waals surface area contributed by atoms with Crippen molar-refractivity contribution in [2.45, 2.75) is 0 Å². The zero-order valence-electron chi connectivity index (χ0n) is 11.7. The predicted octanol–water partition coefficient (Wildman–Crippen LogP) is 2.30. The molecule has 0 unspecified atom stereocenters. The van der Waals surface area contributed by atoms with Crippen LogP contribution in [0, 0.1) is 0 Å². The van der Waals surface area contributed by atoms with Crippen LogP contribution in [0.3, 0.4) is 0 Å². The van der Waals surface area contributed by atoms with Gasteiger partial charge in [0.25, 0.3) is 0 Å². The molecule has 0 radical (unpaired) electrons. The minimum atomic E-state index is 0.0711. The number of nitrogens with one attached hydrogen (secondary N) is 1. The Hall–Kier alpha value is -2.07. The first-order valence-electron chi connectivity index (χ1n) is 6.98. The van der Waals surface area contributed by atoms with Crippen molar-refractivity contribution in [2.24, 2.45) is 0 Å². The molecule has 2 amide bonds. The number of hydrogen-bond donors (Lipinski definition) is 1. The lowest BCUT2D eigenvalue weighted by Crippen LogP contribution is -2.50. The lowest BCUT2D eigenvalue weighted by atomic mass is 10.1. The number of amides is 2. The number of anilines is 1. The summed E-state index contributed by atoms with van der Waals surface area (Å²) in [6, 6.07) is 14.4. The molecule has 1 heterocycles. The van der Waals surface area contributed by atoms with Crippen molar-refractivity contribution in [3.05, 3.63) is 42.5 Å². The summed E-state index contributed by atoms with van der Waals surface area (Å²) < 4.78 is 0. The molecule has 0 aromatic heterocycles. The molecule has 20 heavy (non-hydrogen) atoms. The topological polar surface area (TPSA) is 35.6 Å². The first-order valence-corrected chi connectivity index (χ1v) is 6.98. The zero-order valence-corrected chi connectivity index (χ0v) is 11.7. The van der Waals surface area contributed by atoms with Gasteiger partial charge in [0.15, 0.2) is 0 Å². The smallest absolute Gasteiger partial charge is 0.322 e. The quantitative estimate of drug-likeness (QED) is 0.862. The van der Waals surface area contributed by atoms with E-state index >= 15 is 0 Å². The van der Waals surface area contributed by atoms with Gasteiger partial charge in [-0.15, -0.1) is 0 Å². The van der Waals surface area contributed by atoms with E-state index in [1.54, 1.807) is 4.90 Å². The largest absolute Gasteiger partial charge is 0.324 e. The second-order valence-corrected chi connectivity index (χ2v) is 5.11. The molecule has 1 N–H and O–H groups in total. The number of carbonyl (C=O) groups is 1.